The van der Waals surface area contributed by atoms with Crippen molar-refractivity contribution in [3.05, 3.63) is 22.3 Å². The van der Waals surface area contributed by atoms with E-state index < -0.39 is 5.97 Å². The summed E-state index contributed by atoms with van der Waals surface area (Å²) in [7, 11) is 0. The zero-order valence-corrected chi connectivity index (χ0v) is 9.56. The number of thiazole rings is 2. The number of aryl methyl sites for hydroxylation is 1. The van der Waals surface area contributed by atoms with E-state index in [1.165, 1.54) is 22.7 Å². The van der Waals surface area contributed by atoms with Crippen LogP contribution in [0.25, 0.3) is 9.88 Å². The molecule has 0 aliphatic rings. The molecule has 4 nitrogen and oxygen atoms in total. The van der Waals surface area contributed by atoms with Crippen molar-refractivity contribution in [3.8, 4) is 9.88 Å². The first-order chi connectivity index (χ1) is 7.16. The number of rotatable bonds is 3. The van der Waals surface area contributed by atoms with E-state index in [9.17, 15) is 4.79 Å². The highest BCUT2D eigenvalue weighted by atomic mass is 32.1. The molecule has 2 heterocycles. The SMILES string of the molecule is Cc1nc(-c2cncs2)sc1CC(=O)O. The summed E-state index contributed by atoms with van der Waals surface area (Å²) in [4.78, 5) is 20.7. The van der Waals surface area contributed by atoms with E-state index in [2.05, 4.69) is 9.97 Å². The number of carboxylic acid groups (broad SMARTS) is 1. The van der Waals surface area contributed by atoms with Gasteiger partial charge in [-0.05, 0) is 6.92 Å². The standard InChI is InChI=1S/C9H8N2O2S2/c1-5-6(2-8(12)13)15-9(11-5)7-3-10-4-14-7/h3-4H,2H2,1H3,(H,12,13). The molecule has 0 saturated carbocycles. The summed E-state index contributed by atoms with van der Waals surface area (Å²) in [5, 5.41) is 9.55. The third-order valence-electron chi connectivity index (χ3n) is 1.85. The molecule has 0 aliphatic carbocycles. The summed E-state index contributed by atoms with van der Waals surface area (Å²) in [6.45, 7) is 1.83. The summed E-state index contributed by atoms with van der Waals surface area (Å²) in [6.07, 6.45) is 1.79. The van der Waals surface area contributed by atoms with Gasteiger partial charge in [-0.25, -0.2) is 4.98 Å². The fourth-order valence-corrected chi connectivity index (χ4v) is 2.89. The Bertz CT molecular complexity index is 476. The molecular formula is C9H8N2O2S2. The van der Waals surface area contributed by atoms with Crippen LogP contribution in [0.4, 0.5) is 0 Å². The van der Waals surface area contributed by atoms with Crippen molar-refractivity contribution in [3.63, 3.8) is 0 Å². The Kier molecular flexibility index (Phi) is 2.79. The van der Waals surface area contributed by atoms with E-state index in [0.29, 0.717) is 0 Å². The van der Waals surface area contributed by atoms with Crippen molar-refractivity contribution in [1.29, 1.82) is 0 Å². The number of hydrogen-bond donors (Lipinski definition) is 1. The van der Waals surface area contributed by atoms with E-state index in [4.69, 9.17) is 5.11 Å². The summed E-state index contributed by atoms with van der Waals surface area (Å²) >= 11 is 2.93. The smallest absolute Gasteiger partial charge is 0.308 e. The fraction of sp³-hybridized carbons (Fsp3) is 0.222. The van der Waals surface area contributed by atoms with Crippen LogP contribution >= 0.6 is 22.7 Å². The second-order valence-electron chi connectivity index (χ2n) is 2.96. The zero-order valence-electron chi connectivity index (χ0n) is 7.93. The van der Waals surface area contributed by atoms with Crippen LogP contribution in [0.5, 0.6) is 0 Å². The first-order valence-corrected chi connectivity index (χ1v) is 5.93. The number of aromatic nitrogens is 2. The van der Waals surface area contributed by atoms with Crippen LogP contribution in [0, 0.1) is 6.92 Å². The van der Waals surface area contributed by atoms with Crippen LogP contribution in [0.3, 0.4) is 0 Å². The highest BCUT2D eigenvalue weighted by Gasteiger charge is 2.12. The summed E-state index contributed by atoms with van der Waals surface area (Å²) in [5.41, 5.74) is 2.54. The molecule has 2 aromatic rings. The van der Waals surface area contributed by atoms with Gasteiger partial charge in [-0.15, -0.1) is 22.7 Å². The maximum atomic E-state index is 10.6. The second kappa shape index (κ2) is 4.08. The van der Waals surface area contributed by atoms with E-state index >= 15 is 0 Å². The Morgan fingerprint density at radius 3 is 3.00 bits per heavy atom. The Morgan fingerprint density at radius 2 is 2.40 bits per heavy atom. The number of nitrogens with zero attached hydrogens (tertiary/aromatic N) is 2. The van der Waals surface area contributed by atoms with Crippen LogP contribution in [0.1, 0.15) is 10.6 Å². The highest BCUT2D eigenvalue weighted by Crippen LogP contribution is 2.30. The van der Waals surface area contributed by atoms with Gasteiger partial charge in [0.2, 0.25) is 0 Å². The van der Waals surface area contributed by atoms with Gasteiger partial charge < -0.3 is 5.11 Å². The average Bonchev–Trinajstić information content (AvgIpc) is 2.75. The van der Waals surface area contributed by atoms with Gasteiger partial charge in [-0.2, -0.15) is 0 Å². The van der Waals surface area contributed by atoms with Gasteiger partial charge in [-0.1, -0.05) is 0 Å². The molecule has 0 unspecified atom stereocenters. The minimum Gasteiger partial charge on any atom is -0.481 e. The van der Waals surface area contributed by atoms with Crippen LogP contribution in [0.15, 0.2) is 11.7 Å². The third-order valence-corrected chi connectivity index (χ3v) is 3.95. The normalized spacial score (nSPS) is 10.5. The Morgan fingerprint density at radius 1 is 1.60 bits per heavy atom. The van der Waals surface area contributed by atoms with Crippen LogP contribution < -0.4 is 0 Å². The molecule has 0 bridgehead atoms. The molecular weight excluding hydrogens is 232 g/mol. The second-order valence-corrected chi connectivity index (χ2v) is 4.93. The molecule has 15 heavy (non-hydrogen) atoms. The lowest BCUT2D eigenvalue weighted by Crippen LogP contribution is -1.99. The van der Waals surface area contributed by atoms with Crippen LogP contribution in [-0.2, 0) is 11.2 Å². The number of carboxylic acids is 1. The summed E-state index contributed by atoms with van der Waals surface area (Å²) in [5.74, 6) is -0.822. The highest BCUT2D eigenvalue weighted by molar-refractivity contribution is 7.20. The molecule has 0 aromatic carbocycles. The first kappa shape index (κ1) is 10.3. The average molecular weight is 240 g/mol. The molecule has 0 amide bonds. The minimum absolute atomic E-state index is 0.0440. The van der Waals surface area contributed by atoms with E-state index in [1.807, 2.05) is 6.92 Å². The fourth-order valence-electron chi connectivity index (χ4n) is 1.16. The molecule has 0 saturated heterocycles. The van der Waals surface area contributed by atoms with Gasteiger partial charge in [0.25, 0.3) is 0 Å². The van der Waals surface area contributed by atoms with Gasteiger partial charge >= 0.3 is 5.97 Å². The number of hydrogen-bond acceptors (Lipinski definition) is 5. The first-order valence-electron chi connectivity index (χ1n) is 4.24. The van der Waals surface area contributed by atoms with Gasteiger partial charge in [-0.3, -0.25) is 9.78 Å². The molecule has 1 N–H and O–H groups in total. The lowest BCUT2D eigenvalue weighted by atomic mass is 10.3. The van der Waals surface area contributed by atoms with E-state index in [0.717, 1.165) is 20.5 Å². The maximum absolute atomic E-state index is 10.6. The van der Waals surface area contributed by atoms with E-state index in [-0.39, 0.29) is 6.42 Å². The molecule has 2 rings (SSSR count). The minimum atomic E-state index is -0.822. The van der Waals surface area contributed by atoms with Crippen molar-refractivity contribution in [2.24, 2.45) is 0 Å². The topological polar surface area (TPSA) is 63.1 Å². The molecule has 0 spiro atoms. The largest absolute Gasteiger partial charge is 0.481 e. The van der Waals surface area contributed by atoms with Gasteiger partial charge in [0.15, 0.2) is 0 Å². The van der Waals surface area contributed by atoms with Crippen molar-refractivity contribution in [2.75, 3.05) is 0 Å². The van der Waals surface area contributed by atoms with Gasteiger partial charge in [0.1, 0.15) is 5.01 Å². The molecule has 0 aliphatic heterocycles. The van der Waals surface area contributed by atoms with Gasteiger partial charge in [0, 0.05) is 11.1 Å². The zero-order chi connectivity index (χ0) is 10.8. The van der Waals surface area contributed by atoms with E-state index in [1.54, 1.807) is 11.7 Å². The molecule has 6 heteroatoms. The molecule has 2 aromatic heterocycles. The predicted molar refractivity (Wildman–Crippen MR) is 59.3 cm³/mol. The molecule has 0 radical (unpaired) electrons. The van der Waals surface area contributed by atoms with Gasteiger partial charge in [0.05, 0.1) is 22.5 Å². The molecule has 78 valence electrons. The number of aliphatic carboxylic acids is 1. The van der Waals surface area contributed by atoms with Crippen molar-refractivity contribution in [1.82, 2.24) is 9.97 Å². The van der Waals surface area contributed by atoms with Crippen LogP contribution in [-0.4, -0.2) is 21.0 Å². The Labute approximate surface area is 94.3 Å². The number of carbonyl (C=O) groups is 1. The quantitative estimate of drug-likeness (QED) is 0.893. The monoisotopic (exact) mass is 240 g/mol. The lowest BCUT2D eigenvalue weighted by molar-refractivity contribution is -0.136. The third kappa shape index (κ3) is 2.21. The maximum Gasteiger partial charge on any atom is 0.308 e. The Balaban J connectivity index is 2.33. The lowest BCUT2D eigenvalue weighted by Gasteiger charge is -1.89. The molecule has 0 fully saturated rings. The van der Waals surface area contributed by atoms with Crippen molar-refractivity contribution in [2.45, 2.75) is 13.3 Å². The van der Waals surface area contributed by atoms with Crippen molar-refractivity contribution >= 4 is 28.6 Å². The van der Waals surface area contributed by atoms with Crippen molar-refractivity contribution < 1.29 is 9.90 Å². The predicted octanol–water partition coefficient (Wildman–Crippen LogP) is 2.20. The summed E-state index contributed by atoms with van der Waals surface area (Å²) in [6, 6.07) is 0. The van der Waals surface area contributed by atoms with Crippen LogP contribution in [0.2, 0.25) is 0 Å². The molecule has 0 atom stereocenters. The summed E-state index contributed by atoms with van der Waals surface area (Å²) < 4.78 is 0. The Hall–Kier alpha value is -1.27.